The fraction of sp³-hybridized carbons (Fsp3) is 0.143. The van der Waals surface area contributed by atoms with Crippen LogP contribution in [-0.4, -0.2) is 14.2 Å². The SMILES string of the molecule is CCO[Si](Cl)(c1ccccc1)c1ccccc1. The second-order valence-corrected chi connectivity index (χ2v) is 7.99. The van der Waals surface area contributed by atoms with Crippen LogP contribution in [0.1, 0.15) is 6.92 Å². The molecule has 2 aromatic rings. The third kappa shape index (κ3) is 2.60. The molecule has 0 aliphatic heterocycles. The van der Waals surface area contributed by atoms with Crippen molar-refractivity contribution >= 4 is 29.1 Å². The van der Waals surface area contributed by atoms with Gasteiger partial charge in [0.05, 0.1) is 0 Å². The van der Waals surface area contributed by atoms with Crippen molar-refractivity contribution in [3.8, 4) is 0 Å². The van der Waals surface area contributed by atoms with Crippen molar-refractivity contribution in [2.24, 2.45) is 0 Å². The van der Waals surface area contributed by atoms with Gasteiger partial charge in [-0.05, 0) is 17.3 Å². The van der Waals surface area contributed by atoms with Crippen LogP contribution in [0.3, 0.4) is 0 Å². The van der Waals surface area contributed by atoms with Crippen molar-refractivity contribution in [2.75, 3.05) is 6.61 Å². The maximum absolute atomic E-state index is 6.81. The van der Waals surface area contributed by atoms with Gasteiger partial charge >= 0.3 is 7.63 Å². The van der Waals surface area contributed by atoms with Gasteiger partial charge in [-0.1, -0.05) is 60.7 Å². The Morgan fingerprint density at radius 3 is 1.65 bits per heavy atom. The number of hydrogen-bond acceptors (Lipinski definition) is 1. The summed E-state index contributed by atoms with van der Waals surface area (Å²) in [5.41, 5.74) is 0. The molecular formula is C14H15ClOSi. The highest BCUT2D eigenvalue weighted by Gasteiger charge is 2.37. The van der Waals surface area contributed by atoms with Crippen molar-refractivity contribution in [3.63, 3.8) is 0 Å². The molecule has 0 N–H and O–H groups in total. The van der Waals surface area contributed by atoms with Crippen molar-refractivity contribution < 1.29 is 4.43 Å². The highest BCUT2D eigenvalue weighted by molar-refractivity contribution is 7.30. The first-order chi connectivity index (χ1) is 8.27. The summed E-state index contributed by atoms with van der Waals surface area (Å²) in [6.45, 7) is 2.61. The molecule has 0 bridgehead atoms. The second kappa shape index (κ2) is 5.49. The summed E-state index contributed by atoms with van der Waals surface area (Å²) < 4.78 is 5.91. The van der Waals surface area contributed by atoms with Crippen LogP contribution in [0.5, 0.6) is 0 Å². The summed E-state index contributed by atoms with van der Waals surface area (Å²) in [5, 5.41) is 2.18. The lowest BCUT2D eigenvalue weighted by atomic mass is 10.4. The van der Waals surface area contributed by atoms with Crippen LogP contribution in [0.15, 0.2) is 60.7 Å². The van der Waals surface area contributed by atoms with E-state index >= 15 is 0 Å². The minimum atomic E-state index is -2.53. The summed E-state index contributed by atoms with van der Waals surface area (Å²) in [4.78, 5) is 0. The minimum Gasteiger partial charge on any atom is -0.397 e. The zero-order valence-corrected chi connectivity index (χ0v) is 11.5. The van der Waals surface area contributed by atoms with Gasteiger partial charge in [-0.2, -0.15) is 0 Å². The Hall–Kier alpha value is -1.09. The van der Waals surface area contributed by atoms with E-state index in [9.17, 15) is 0 Å². The summed E-state index contributed by atoms with van der Waals surface area (Å²) >= 11 is 6.81. The first kappa shape index (κ1) is 12.4. The molecule has 1 nitrogen and oxygen atoms in total. The lowest BCUT2D eigenvalue weighted by Gasteiger charge is -2.24. The van der Waals surface area contributed by atoms with Crippen molar-refractivity contribution in [1.82, 2.24) is 0 Å². The predicted octanol–water partition coefficient (Wildman–Crippen LogP) is 2.52. The molecule has 0 radical (unpaired) electrons. The molecule has 2 aromatic carbocycles. The molecule has 0 saturated carbocycles. The van der Waals surface area contributed by atoms with Crippen LogP contribution in [0.2, 0.25) is 0 Å². The normalized spacial score (nSPS) is 11.4. The highest BCUT2D eigenvalue weighted by atomic mass is 35.6. The average molecular weight is 263 g/mol. The van der Waals surface area contributed by atoms with Crippen molar-refractivity contribution in [2.45, 2.75) is 6.92 Å². The third-order valence-electron chi connectivity index (χ3n) is 2.63. The first-order valence-corrected chi connectivity index (χ1v) is 8.63. The number of rotatable bonds is 4. The van der Waals surface area contributed by atoms with Crippen LogP contribution < -0.4 is 10.4 Å². The Bertz CT molecular complexity index is 419. The fourth-order valence-corrected chi connectivity index (χ4v) is 5.23. The van der Waals surface area contributed by atoms with Gasteiger partial charge < -0.3 is 4.43 Å². The maximum atomic E-state index is 6.81. The van der Waals surface area contributed by atoms with E-state index in [1.807, 2.05) is 67.6 Å². The van der Waals surface area contributed by atoms with E-state index in [1.54, 1.807) is 0 Å². The predicted molar refractivity (Wildman–Crippen MR) is 75.4 cm³/mol. The molecule has 0 unspecified atom stereocenters. The second-order valence-electron chi connectivity index (χ2n) is 3.76. The van der Waals surface area contributed by atoms with Crippen LogP contribution in [0, 0.1) is 0 Å². The molecule has 2 rings (SSSR count). The monoisotopic (exact) mass is 262 g/mol. The Morgan fingerprint density at radius 2 is 1.29 bits per heavy atom. The molecule has 0 heterocycles. The Labute approximate surface area is 108 Å². The van der Waals surface area contributed by atoms with Crippen LogP contribution in [0.4, 0.5) is 0 Å². The summed E-state index contributed by atoms with van der Waals surface area (Å²) in [5.74, 6) is 0. The molecule has 0 atom stereocenters. The molecular weight excluding hydrogens is 248 g/mol. The van der Waals surface area contributed by atoms with E-state index in [1.165, 1.54) is 0 Å². The summed E-state index contributed by atoms with van der Waals surface area (Å²) in [6, 6.07) is 20.2. The van der Waals surface area contributed by atoms with Crippen molar-refractivity contribution in [1.29, 1.82) is 0 Å². The summed E-state index contributed by atoms with van der Waals surface area (Å²) in [6.07, 6.45) is 0. The van der Waals surface area contributed by atoms with E-state index < -0.39 is 7.63 Å². The summed E-state index contributed by atoms with van der Waals surface area (Å²) in [7, 11) is -2.53. The van der Waals surface area contributed by atoms with Gasteiger partial charge in [-0.15, -0.1) is 11.1 Å². The molecule has 0 amide bonds. The first-order valence-electron chi connectivity index (χ1n) is 5.71. The quantitative estimate of drug-likeness (QED) is 0.608. The Kier molecular flexibility index (Phi) is 4.00. The van der Waals surface area contributed by atoms with Gasteiger partial charge in [-0.25, -0.2) is 0 Å². The molecule has 0 aliphatic carbocycles. The average Bonchev–Trinajstić information content (AvgIpc) is 2.41. The maximum Gasteiger partial charge on any atom is 0.355 e. The topological polar surface area (TPSA) is 9.23 Å². The number of benzene rings is 2. The smallest absolute Gasteiger partial charge is 0.355 e. The van der Waals surface area contributed by atoms with Gasteiger partial charge in [0.15, 0.2) is 0 Å². The number of hydrogen-bond donors (Lipinski definition) is 0. The van der Waals surface area contributed by atoms with E-state index in [2.05, 4.69) is 0 Å². The van der Waals surface area contributed by atoms with Gasteiger partial charge in [0.1, 0.15) is 0 Å². The fourth-order valence-electron chi connectivity index (χ4n) is 1.84. The van der Waals surface area contributed by atoms with Gasteiger partial charge in [0, 0.05) is 6.61 Å². The van der Waals surface area contributed by atoms with Crippen LogP contribution in [0.25, 0.3) is 0 Å². The molecule has 0 aromatic heterocycles. The van der Waals surface area contributed by atoms with Crippen molar-refractivity contribution in [3.05, 3.63) is 60.7 Å². The van der Waals surface area contributed by atoms with Gasteiger partial charge in [0.2, 0.25) is 0 Å². The molecule has 88 valence electrons. The zero-order chi connectivity index (χ0) is 12.1. The van der Waals surface area contributed by atoms with Crippen LogP contribution in [-0.2, 0) is 4.43 Å². The van der Waals surface area contributed by atoms with E-state index in [0.717, 1.165) is 10.4 Å². The standard InChI is InChI=1S/C14H15ClOSi/c1-2-16-17(15,13-9-5-3-6-10-13)14-11-7-4-8-12-14/h3-12H,2H2,1H3. The molecule has 3 heteroatoms. The van der Waals surface area contributed by atoms with Gasteiger partial charge in [-0.3, -0.25) is 0 Å². The largest absolute Gasteiger partial charge is 0.397 e. The molecule has 0 saturated heterocycles. The molecule has 0 aliphatic rings. The molecule has 0 fully saturated rings. The third-order valence-corrected chi connectivity index (χ3v) is 7.11. The molecule has 17 heavy (non-hydrogen) atoms. The lowest BCUT2D eigenvalue weighted by molar-refractivity contribution is 0.352. The van der Waals surface area contributed by atoms with E-state index in [-0.39, 0.29) is 0 Å². The number of halogens is 1. The van der Waals surface area contributed by atoms with E-state index in [4.69, 9.17) is 15.5 Å². The Balaban J connectivity index is 2.47. The highest BCUT2D eigenvalue weighted by Crippen LogP contribution is 2.12. The van der Waals surface area contributed by atoms with Gasteiger partial charge in [0.25, 0.3) is 0 Å². The lowest BCUT2D eigenvalue weighted by Crippen LogP contribution is -2.56. The van der Waals surface area contributed by atoms with Crippen LogP contribution >= 0.6 is 11.1 Å². The zero-order valence-electron chi connectivity index (χ0n) is 9.77. The minimum absolute atomic E-state index is 0.625. The van der Waals surface area contributed by atoms with E-state index in [0.29, 0.717) is 6.61 Å². The molecule has 0 spiro atoms. The Morgan fingerprint density at radius 1 is 0.882 bits per heavy atom.